The number of halogens is 1. The largest absolute Gasteiger partial charge is 0.493 e. The summed E-state index contributed by atoms with van der Waals surface area (Å²) in [7, 11) is 0. The standard InChI is InChI=1S/C15H12BrN3O/c1-9-3-2-4-11(7-9)18-19-14-12-8-10(16)5-6-13(12)17-15(14)20/h2-8,17,20H,1H3. The highest BCUT2D eigenvalue weighted by Gasteiger charge is 2.10. The number of aromatic amines is 1. The lowest BCUT2D eigenvalue weighted by Gasteiger charge is -1.95. The van der Waals surface area contributed by atoms with Crippen LogP contribution < -0.4 is 0 Å². The highest BCUT2D eigenvalue weighted by Crippen LogP contribution is 2.37. The molecule has 0 unspecified atom stereocenters. The van der Waals surface area contributed by atoms with Crippen LogP contribution in [0.25, 0.3) is 10.9 Å². The Morgan fingerprint density at radius 2 is 1.95 bits per heavy atom. The van der Waals surface area contributed by atoms with E-state index in [9.17, 15) is 5.11 Å². The first-order chi connectivity index (χ1) is 9.63. The molecular formula is C15H12BrN3O. The number of aryl methyl sites for hydroxylation is 1. The van der Waals surface area contributed by atoms with E-state index in [1.165, 1.54) is 0 Å². The number of nitrogens with zero attached hydrogens (tertiary/aromatic N) is 2. The maximum atomic E-state index is 9.93. The second-order valence-corrected chi connectivity index (χ2v) is 5.47. The van der Waals surface area contributed by atoms with E-state index < -0.39 is 0 Å². The van der Waals surface area contributed by atoms with Gasteiger partial charge >= 0.3 is 0 Å². The lowest BCUT2D eigenvalue weighted by molar-refractivity contribution is 0.459. The molecule has 0 bridgehead atoms. The van der Waals surface area contributed by atoms with Crippen molar-refractivity contribution in [3.05, 3.63) is 52.5 Å². The molecule has 2 aromatic carbocycles. The third kappa shape index (κ3) is 2.44. The van der Waals surface area contributed by atoms with E-state index in [2.05, 4.69) is 31.1 Å². The number of azo groups is 1. The summed E-state index contributed by atoms with van der Waals surface area (Å²) in [5.74, 6) is 0.0227. The van der Waals surface area contributed by atoms with Crippen LogP contribution in [0.4, 0.5) is 11.4 Å². The molecule has 4 nitrogen and oxygen atoms in total. The van der Waals surface area contributed by atoms with E-state index in [-0.39, 0.29) is 5.88 Å². The number of fused-ring (bicyclic) bond motifs is 1. The van der Waals surface area contributed by atoms with Crippen molar-refractivity contribution in [2.75, 3.05) is 0 Å². The molecule has 0 saturated carbocycles. The maximum absolute atomic E-state index is 9.93. The fourth-order valence-electron chi connectivity index (χ4n) is 2.03. The van der Waals surface area contributed by atoms with Gasteiger partial charge in [0, 0.05) is 9.86 Å². The SMILES string of the molecule is Cc1cccc(N=Nc2c(O)[nH]c3ccc(Br)cc23)c1. The van der Waals surface area contributed by atoms with Gasteiger partial charge in [0.1, 0.15) is 0 Å². The second-order valence-electron chi connectivity index (χ2n) is 4.55. The summed E-state index contributed by atoms with van der Waals surface area (Å²) in [6.45, 7) is 2.00. The molecule has 0 saturated heterocycles. The van der Waals surface area contributed by atoms with Crippen molar-refractivity contribution < 1.29 is 5.11 Å². The monoisotopic (exact) mass is 329 g/mol. The number of hydrogen-bond acceptors (Lipinski definition) is 3. The molecule has 3 aromatic rings. The Balaban J connectivity index is 2.06. The van der Waals surface area contributed by atoms with E-state index in [4.69, 9.17) is 0 Å². The van der Waals surface area contributed by atoms with E-state index in [1.807, 2.05) is 49.4 Å². The highest BCUT2D eigenvalue weighted by atomic mass is 79.9. The molecule has 100 valence electrons. The van der Waals surface area contributed by atoms with Gasteiger partial charge in [0.2, 0.25) is 5.88 Å². The van der Waals surface area contributed by atoms with Gasteiger partial charge < -0.3 is 10.1 Å². The molecule has 0 amide bonds. The number of aromatic hydroxyl groups is 1. The maximum Gasteiger partial charge on any atom is 0.218 e. The first-order valence-electron chi connectivity index (χ1n) is 6.12. The molecule has 0 fully saturated rings. The number of nitrogens with one attached hydrogen (secondary N) is 1. The molecule has 0 aliphatic heterocycles. The number of benzene rings is 2. The summed E-state index contributed by atoms with van der Waals surface area (Å²) < 4.78 is 0.927. The van der Waals surface area contributed by atoms with E-state index >= 15 is 0 Å². The Morgan fingerprint density at radius 1 is 1.10 bits per heavy atom. The summed E-state index contributed by atoms with van der Waals surface area (Å²) in [5, 5.41) is 19.1. The quantitative estimate of drug-likeness (QED) is 0.611. The molecule has 5 heteroatoms. The minimum Gasteiger partial charge on any atom is -0.493 e. The summed E-state index contributed by atoms with van der Waals surface area (Å²) in [6.07, 6.45) is 0. The fraction of sp³-hybridized carbons (Fsp3) is 0.0667. The Labute approximate surface area is 124 Å². The zero-order chi connectivity index (χ0) is 14.1. The number of hydrogen-bond donors (Lipinski definition) is 2. The predicted molar refractivity (Wildman–Crippen MR) is 83.0 cm³/mol. The summed E-state index contributed by atoms with van der Waals surface area (Å²) in [6, 6.07) is 13.4. The molecular weight excluding hydrogens is 318 g/mol. The second kappa shape index (κ2) is 5.09. The Kier molecular flexibility index (Phi) is 3.28. The molecule has 0 atom stereocenters. The Morgan fingerprint density at radius 3 is 2.75 bits per heavy atom. The first-order valence-corrected chi connectivity index (χ1v) is 6.91. The van der Waals surface area contributed by atoms with Crippen molar-refractivity contribution in [1.82, 2.24) is 4.98 Å². The molecule has 1 aromatic heterocycles. The van der Waals surface area contributed by atoms with Crippen LogP contribution in [0.5, 0.6) is 5.88 Å². The van der Waals surface area contributed by atoms with Crippen LogP contribution in [0.1, 0.15) is 5.56 Å². The molecule has 2 N–H and O–H groups in total. The number of H-pyrrole nitrogens is 1. The zero-order valence-electron chi connectivity index (χ0n) is 10.8. The van der Waals surface area contributed by atoms with E-state index in [0.29, 0.717) is 5.69 Å². The van der Waals surface area contributed by atoms with Crippen LogP contribution in [0.3, 0.4) is 0 Å². The van der Waals surface area contributed by atoms with Crippen molar-refractivity contribution >= 4 is 38.2 Å². The topological polar surface area (TPSA) is 60.7 Å². The molecule has 20 heavy (non-hydrogen) atoms. The van der Waals surface area contributed by atoms with Crippen molar-refractivity contribution in [3.63, 3.8) is 0 Å². The number of rotatable bonds is 2. The third-order valence-corrected chi connectivity index (χ3v) is 3.47. The fourth-order valence-corrected chi connectivity index (χ4v) is 2.40. The Hall–Kier alpha value is -2.14. The van der Waals surface area contributed by atoms with Gasteiger partial charge in [-0.2, -0.15) is 5.11 Å². The van der Waals surface area contributed by atoms with Gasteiger partial charge in [-0.25, -0.2) is 0 Å². The smallest absolute Gasteiger partial charge is 0.218 e. The van der Waals surface area contributed by atoms with Crippen molar-refractivity contribution in [2.45, 2.75) is 6.92 Å². The molecule has 0 aliphatic rings. The van der Waals surface area contributed by atoms with Crippen molar-refractivity contribution in [3.8, 4) is 5.88 Å². The van der Waals surface area contributed by atoms with Crippen LogP contribution in [0.15, 0.2) is 57.2 Å². The van der Waals surface area contributed by atoms with Gasteiger partial charge in [-0.05, 0) is 42.8 Å². The van der Waals surface area contributed by atoms with Gasteiger partial charge in [0.15, 0.2) is 5.69 Å². The van der Waals surface area contributed by atoms with Gasteiger partial charge in [0.25, 0.3) is 0 Å². The van der Waals surface area contributed by atoms with Gasteiger partial charge in [-0.3, -0.25) is 0 Å². The van der Waals surface area contributed by atoms with E-state index in [0.717, 1.165) is 26.6 Å². The van der Waals surface area contributed by atoms with Gasteiger partial charge in [0.05, 0.1) is 11.2 Å². The lowest BCUT2D eigenvalue weighted by Crippen LogP contribution is -1.69. The summed E-state index contributed by atoms with van der Waals surface area (Å²) >= 11 is 3.41. The van der Waals surface area contributed by atoms with Crippen molar-refractivity contribution in [2.24, 2.45) is 10.2 Å². The Bertz CT molecular complexity index is 808. The van der Waals surface area contributed by atoms with Crippen LogP contribution in [0.2, 0.25) is 0 Å². The third-order valence-electron chi connectivity index (χ3n) is 2.98. The molecule has 0 aliphatic carbocycles. The minimum absolute atomic E-state index is 0.0227. The van der Waals surface area contributed by atoms with Crippen LogP contribution in [-0.4, -0.2) is 10.1 Å². The van der Waals surface area contributed by atoms with Gasteiger partial charge in [-0.1, -0.05) is 28.1 Å². The molecule has 0 spiro atoms. The van der Waals surface area contributed by atoms with Gasteiger partial charge in [-0.15, -0.1) is 5.11 Å². The average Bonchev–Trinajstić information content (AvgIpc) is 2.72. The first kappa shape index (κ1) is 12.9. The molecule has 0 radical (unpaired) electrons. The average molecular weight is 330 g/mol. The van der Waals surface area contributed by atoms with Crippen LogP contribution in [-0.2, 0) is 0 Å². The number of aromatic nitrogens is 1. The predicted octanol–water partition coefficient (Wildman–Crippen LogP) is 5.36. The minimum atomic E-state index is 0.0227. The van der Waals surface area contributed by atoms with Crippen LogP contribution in [0, 0.1) is 6.92 Å². The summed E-state index contributed by atoms with van der Waals surface area (Å²) in [4.78, 5) is 2.88. The highest BCUT2D eigenvalue weighted by molar-refractivity contribution is 9.10. The summed E-state index contributed by atoms with van der Waals surface area (Å²) in [5.41, 5.74) is 3.15. The van der Waals surface area contributed by atoms with Crippen molar-refractivity contribution in [1.29, 1.82) is 0 Å². The zero-order valence-corrected chi connectivity index (χ0v) is 12.3. The van der Waals surface area contributed by atoms with Crippen LogP contribution >= 0.6 is 15.9 Å². The lowest BCUT2D eigenvalue weighted by atomic mass is 10.2. The molecule has 3 rings (SSSR count). The normalized spacial score (nSPS) is 11.5. The van der Waals surface area contributed by atoms with E-state index in [1.54, 1.807) is 0 Å². The molecule has 1 heterocycles.